The first-order valence-corrected chi connectivity index (χ1v) is 10.4. The van der Waals surface area contributed by atoms with Crippen LogP contribution in [0, 0.1) is 12.7 Å². The quantitative estimate of drug-likeness (QED) is 0.582. The van der Waals surface area contributed by atoms with Crippen LogP contribution in [-0.4, -0.2) is 52.3 Å². The number of β-amino-alcohol motifs (C(OH)–C–C–N with tert-alkyl or cyclic N) is 1. The molecule has 2 heterocycles. The van der Waals surface area contributed by atoms with Gasteiger partial charge in [0.05, 0.1) is 11.2 Å². The molecule has 4 rings (SSSR count). The van der Waals surface area contributed by atoms with E-state index in [1.807, 2.05) is 19.1 Å². The third-order valence-corrected chi connectivity index (χ3v) is 5.45. The number of aryl methyl sites for hydroxylation is 1. The van der Waals surface area contributed by atoms with Crippen LogP contribution in [0.4, 0.5) is 15.9 Å². The fourth-order valence-electron chi connectivity index (χ4n) is 3.67. The van der Waals surface area contributed by atoms with E-state index in [1.54, 1.807) is 12.1 Å². The summed E-state index contributed by atoms with van der Waals surface area (Å²) in [4.78, 5) is 10.8. The van der Waals surface area contributed by atoms with Gasteiger partial charge in [0.1, 0.15) is 36.4 Å². The molecule has 0 amide bonds. The molecular weight excluding hydrogens is 407 g/mol. The second kappa shape index (κ2) is 9.12. The number of anilines is 2. The molecule has 3 aromatic rings. The second-order valence-electron chi connectivity index (χ2n) is 7.58. The van der Waals surface area contributed by atoms with Crippen molar-refractivity contribution in [3.05, 3.63) is 53.1 Å². The first kappa shape index (κ1) is 20.8. The molecule has 1 unspecified atom stereocenters. The number of hydrogen-bond donors (Lipinski definition) is 2. The summed E-state index contributed by atoms with van der Waals surface area (Å²) in [5.41, 5.74) is 1.82. The van der Waals surface area contributed by atoms with Crippen molar-refractivity contribution < 1.29 is 14.2 Å². The summed E-state index contributed by atoms with van der Waals surface area (Å²) < 4.78 is 20.0. The number of ether oxygens (including phenoxy) is 1. The summed E-state index contributed by atoms with van der Waals surface area (Å²) in [6.07, 6.45) is 3.24. The third kappa shape index (κ3) is 4.80. The van der Waals surface area contributed by atoms with Crippen molar-refractivity contribution in [3.63, 3.8) is 0 Å². The molecule has 1 saturated heterocycles. The van der Waals surface area contributed by atoms with E-state index >= 15 is 0 Å². The van der Waals surface area contributed by atoms with Crippen LogP contribution < -0.4 is 10.1 Å². The topological polar surface area (TPSA) is 70.5 Å². The number of rotatable bonds is 7. The van der Waals surface area contributed by atoms with Gasteiger partial charge < -0.3 is 20.1 Å². The number of nitrogens with one attached hydrogen (secondary N) is 1. The van der Waals surface area contributed by atoms with Gasteiger partial charge >= 0.3 is 0 Å². The Morgan fingerprint density at radius 2 is 2.03 bits per heavy atom. The van der Waals surface area contributed by atoms with Crippen molar-refractivity contribution in [2.24, 2.45) is 0 Å². The zero-order chi connectivity index (χ0) is 21.1. The van der Waals surface area contributed by atoms with E-state index in [9.17, 15) is 9.50 Å². The highest BCUT2D eigenvalue weighted by molar-refractivity contribution is 6.30. The maximum absolute atomic E-state index is 14.2. The minimum atomic E-state index is -0.547. The predicted octanol–water partition coefficient (Wildman–Crippen LogP) is 4.31. The molecular formula is C22H24ClFN4O2. The molecule has 2 N–H and O–H groups in total. The van der Waals surface area contributed by atoms with Crippen LogP contribution in [0.3, 0.4) is 0 Å². The molecule has 0 bridgehead atoms. The highest BCUT2D eigenvalue weighted by Crippen LogP contribution is 2.30. The average Bonchev–Trinajstić information content (AvgIpc) is 3.22. The Balaban J connectivity index is 1.51. The van der Waals surface area contributed by atoms with Gasteiger partial charge in [0, 0.05) is 23.0 Å². The fraction of sp³-hybridized carbons (Fsp3) is 0.364. The van der Waals surface area contributed by atoms with E-state index in [-0.39, 0.29) is 12.3 Å². The summed E-state index contributed by atoms with van der Waals surface area (Å²) >= 11 is 5.82. The lowest BCUT2D eigenvalue weighted by atomic mass is 10.1. The number of fused-ring (bicyclic) bond motifs is 1. The molecule has 0 aliphatic carbocycles. The Kier molecular flexibility index (Phi) is 6.32. The Morgan fingerprint density at radius 1 is 1.23 bits per heavy atom. The van der Waals surface area contributed by atoms with Crippen LogP contribution in [0.15, 0.2) is 36.7 Å². The molecule has 0 saturated carbocycles. The molecule has 6 nitrogen and oxygen atoms in total. The molecule has 1 aromatic heterocycles. The van der Waals surface area contributed by atoms with Crippen LogP contribution in [0.2, 0.25) is 5.02 Å². The summed E-state index contributed by atoms with van der Waals surface area (Å²) in [6, 6.07) is 8.14. The minimum Gasteiger partial charge on any atom is -0.490 e. The molecule has 0 spiro atoms. The lowest BCUT2D eigenvalue weighted by Gasteiger charge is -2.20. The zero-order valence-corrected chi connectivity index (χ0v) is 17.5. The monoisotopic (exact) mass is 430 g/mol. The number of nitrogens with zero attached hydrogens (tertiary/aromatic N) is 3. The predicted molar refractivity (Wildman–Crippen MR) is 116 cm³/mol. The number of likely N-dealkylation sites (tertiary alicyclic amines) is 1. The molecule has 8 heteroatoms. The first-order valence-electron chi connectivity index (χ1n) is 10.0. The van der Waals surface area contributed by atoms with E-state index in [0.29, 0.717) is 28.7 Å². The number of hydrogen-bond acceptors (Lipinski definition) is 6. The first-order chi connectivity index (χ1) is 14.5. The Bertz CT molecular complexity index is 1040. The van der Waals surface area contributed by atoms with Crippen LogP contribution in [0.5, 0.6) is 5.75 Å². The van der Waals surface area contributed by atoms with E-state index in [4.69, 9.17) is 16.3 Å². The van der Waals surface area contributed by atoms with Gasteiger partial charge in [0.2, 0.25) is 0 Å². The molecule has 158 valence electrons. The molecule has 1 atom stereocenters. The van der Waals surface area contributed by atoms with E-state index in [2.05, 4.69) is 20.2 Å². The van der Waals surface area contributed by atoms with Crippen LogP contribution in [0.25, 0.3) is 10.9 Å². The summed E-state index contributed by atoms with van der Waals surface area (Å²) in [6.45, 7) is 4.83. The standard InChI is InChI=1S/C22H24ClFN4O2/c1-14-8-17-20(10-21(14)30-12-16(29)11-28-6-2-3-7-28)25-13-26-22(17)27-19-5-4-15(23)9-18(19)24/h4-5,8-10,13,16,29H,2-3,6-7,11-12H2,1H3,(H,25,26,27). The van der Waals surface area contributed by atoms with Crippen LogP contribution in [0.1, 0.15) is 18.4 Å². The van der Waals surface area contributed by atoms with Crippen molar-refractivity contribution in [3.8, 4) is 5.75 Å². The molecule has 1 aliphatic heterocycles. The van der Waals surface area contributed by atoms with E-state index in [0.717, 1.165) is 24.0 Å². The van der Waals surface area contributed by atoms with Gasteiger partial charge in [0.15, 0.2) is 0 Å². The number of aliphatic hydroxyl groups is 1. The van der Waals surface area contributed by atoms with Gasteiger partial charge in [-0.2, -0.15) is 0 Å². The van der Waals surface area contributed by atoms with Gasteiger partial charge in [-0.1, -0.05) is 11.6 Å². The normalized spacial score (nSPS) is 15.5. The molecule has 0 radical (unpaired) electrons. The van der Waals surface area contributed by atoms with Crippen molar-refractivity contribution in [1.29, 1.82) is 0 Å². The highest BCUT2D eigenvalue weighted by atomic mass is 35.5. The lowest BCUT2D eigenvalue weighted by molar-refractivity contribution is 0.0756. The van der Waals surface area contributed by atoms with Gasteiger partial charge in [-0.3, -0.25) is 0 Å². The van der Waals surface area contributed by atoms with Crippen LogP contribution in [-0.2, 0) is 0 Å². The van der Waals surface area contributed by atoms with E-state index in [1.165, 1.54) is 25.2 Å². The maximum atomic E-state index is 14.2. The lowest BCUT2D eigenvalue weighted by Crippen LogP contribution is -2.33. The number of benzene rings is 2. The number of halogens is 2. The Hall–Kier alpha value is -2.48. The highest BCUT2D eigenvalue weighted by Gasteiger charge is 2.17. The summed E-state index contributed by atoms with van der Waals surface area (Å²) in [7, 11) is 0. The van der Waals surface area contributed by atoms with Gasteiger partial charge in [-0.25, -0.2) is 14.4 Å². The van der Waals surface area contributed by atoms with Gasteiger partial charge in [0.25, 0.3) is 0 Å². The van der Waals surface area contributed by atoms with Crippen molar-refractivity contribution in [2.75, 3.05) is 31.6 Å². The minimum absolute atomic E-state index is 0.217. The summed E-state index contributed by atoms with van der Waals surface area (Å²) in [5, 5.41) is 14.4. The smallest absolute Gasteiger partial charge is 0.148 e. The van der Waals surface area contributed by atoms with E-state index < -0.39 is 11.9 Å². The average molecular weight is 431 g/mol. The van der Waals surface area contributed by atoms with Crippen LogP contribution >= 0.6 is 11.6 Å². The second-order valence-corrected chi connectivity index (χ2v) is 8.02. The Morgan fingerprint density at radius 3 is 2.80 bits per heavy atom. The van der Waals surface area contributed by atoms with Gasteiger partial charge in [-0.15, -0.1) is 0 Å². The van der Waals surface area contributed by atoms with Crippen molar-refractivity contribution in [1.82, 2.24) is 14.9 Å². The molecule has 2 aromatic carbocycles. The number of aromatic nitrogens is 2. The maximum Gasteiger partial charge on any atom is 0.148 e. The molecule has 30 heavy (non-hydrogen) atoms. The molecule has 1 aliphatic rings. The number of aliphatic hydroxyl groups excluding tert-OH is 1. The van der Waals surface area contributed by atoms with Crippen molar-refractivity contribution in [2.45, 2.75) is 25.9 Å². The molecule has 1 fully saturated rings. The third-order valence-electron chi connectivity index (χ3n) is 5.22. The van der Waals surface area contributed by atoms with Gasteiger partial charge in [-0.05, 0) is 62.7 Å². The zero-order valence-electron chi connectivity index (χ0n) is 16.7. The fourth-order valence-corrected chi connectivity index (χ4v) is 3.83. The van der Waals surface area contributed by atoms with Crippen molar-refractivity contribution >= 4 is 34.0 Å². The SMILES string of the molecule is Cc1cc2c(Nc3ccc(Cl)cc3F)ncnc2cc1OCC(O)CN1CCCC1. The summed E-state index contributed by atoms with van der Waals surface area (Å²) in [5.74, 6) is 0.688. The largest absolute Gasteiger partial charge is 0.490 e. The Labute approximate surface area is 179 Å².